The van der Waals surface area contributed by atoms with Crippen LogP contribution in [0.2, 0.25) is 0 Å². The van der Waals surface area contributed by atoms with Gasteiger partial charge in [0.05, 0.1) is 17.8 Å². The number of rotatable bonds is 3. The van der Waals surface area contributed by atoms with E-state index < -0.39 is 0 Å². The molecule has 3 heterocycles. The Kier molecular flexibility index (Phi) is 4.10. The predicted molar refractivity (Wildman–Crippen MR) is 99.3 cm³/mol. The van der Waals surface area contributed by atoms with Crippen molar-refractivity contribution < 1.29 is 4.74 Å². The number of hydrogen-bond acceptors (Lipinski definition) is 5. The molecule has 1 aromatic carbocycles. The fourth-order valence-electron chi connectivity index (χ4n) is 3.68. The summed E-state index contributed by atoms with van der Waals surface area (Å²) in [4.78, 5) is 11.7. The summed E-state index contributed by atoms with van der Waals surface area (Å²) in [7, 11) is 1.70. The summed E-state index contributed by atoms with van der Waals surface area (Å²) in [6.07, 6.45) is 6.29. The van der Waals surface area contributed by atoms with E-state index in [0.29, 0.717) is 5.92 Å². The van der Waals surface area contributed by atoms with Crippen molar-refractivity contribution in [1.82, 2.24) is 9.97 Å². The molecule has 124 valence electrons. The highest BCUT2D eigenvalue weighted by atomic mass is 32.1. The third kappa shape index (κ3) is 2.63. The van der Waals surface area contributed by atoms with Crippen molar-refractivity contribution in [3.63, 3.8) is 0 Å². The fourth-order valence-corrected chi connectivity index (χ4v) is 4.45. The number of aryl methyl sites for hydroxylation is 1. The zero-order valence-electron chi connectivity index (χ0n) is 14.0. The van der Waals surface area contributed by atoms with Crippen LogP contribution < -0.4 is 9.64 Å². The molecule has 4 nitrogen and oxygen atoms in total. The highest BCUT2D eigenvalue weighted by Crippen LogP contribution is 2.37. The lowest BCUT2D eigenvalue weighted by atomic mass is 9.97. The van der Waals surface area contributed by atoms with E-state index in [2.05, 4.69) is 33.2 Å². The first kappa shape index (κ1) is 15.4. The van der Waals surface area contributed by atoms with E-state index in [1.807, 2.05) is 24.5 Å². The van der Waals surface area contributed by atoms with Crippen molar-refractivity contribution in [2.24, 2.45) is 0 Å². The van der Waals surface area contributed by atoms with Gasteiger partial charge in [-0.25, -0.2) is 4.98 Å². The summed E-state index contributed by atoms with van der Waals surface area (Å²) in [5, 5.41) is 4.51. The second-order valence-corrected chi connectivity index (χ2v) is 7.23. The summed E-state index contributed by atoms with van der Waals surface area (Å²) in [6.45, 7) is 4.25. The van der Waals surface area contributed by atoms with Gasteiger partial charge in [0, 0.05) is 42.2 Å². The first-order chi connectivity index (χ1) is 11.8. The topological polar surface area (TPSA) is 38.2 Å². The number of aromatic nitrogens is 2. The molecule has 0 saturated carbocycles. The van der Waals surface area contributed by atoms with Gasteiger partial charge in [0.25, 0.3) is 0 Å². The molecule has 0 N–H and O–H groups in total. The molecule has 4 rings (SSSR count). The molecule has 0 bridgehead atoms. The number of anilines is 1. The lowest BCUT2D eigenvalue weighted by molar-refractivity contribution is 0.419. The molecule has 24 heavy (non-hydrogen) atoms. The van der Waals surface area contributed by atoms with Crippen molar-refractivity contribution in [2.75, 3.05) is 25.1 Å². The van der Waals surface area contributed by atoms with Crippen molar-refractivity contribution >= 4 is 27.9 Å². The van der Waals surface area contributed by atoms with Gasteiger partial charge >= 0.3 is 0 Å². The summed E-state index contributed by atoms with van der Waals surface area (Å²) in [6, 6.07) is 6.18. The Morgan fingerprint density at radius 2 is 2.21 bits per heavy atom. The van der Waals surface area contributed by atoms with Crippen LogP contribution in [0.1, 0.15) is 29.3 Å². The molecule has 0 radical (unpaired) electrons. The van der Waals surface area contributed by atoms with Gasteiger partial charge in [-0.3, -0.25) is 4.98 Å². The summed E-state index contributed by atoms with van der Waals surface area (Å²) in [5.41, 5.74) is 3.45. The maximum atomic E-state index is 5.50. The Morgan fingerprint density at radius 1 is 1.29 bits per heavy atom. The fraction of sp³-hybridized carbons (Fsp3) is 0.368. The first-order valence-electron chi connectivity index (χ1n) is 8.34. The molecular formula is C19H21N3OS. The molecule has 0 amide bonds. The van der Waals surface area contributed by atoms with Gasteiger partial charge in [-0.1, -0.05) is 12.1 Å². The van der Waals surface area contributed by atoms with Gasteiger partial charge in [0.1, 0.15) is 11.3 Å². The molecule has 0 spiro atoms. The van der Waals surface area contributed by atoms with Crippen LogP contribution in [-0.4, -0.2) is 30.2 Å². The van der Waals surface area contributed by atoms with Crippen molar-refractivity contribution in [3.05, 3.63) is 46.5 Å². The molecule has 1 unspecified atom stereocenters. The molecule has 0 aliphatic carbocycles. The van der Waals surface area contributed by atoms with Crippen LogP contribution in [-0.2, 0) is 0 Å². The van der Waals surface area contributed by atoms with Gasteiger partial charge in [-0.15, -0.1) is 11.3 Å². The van der Waals surface area contributed by atoms with Gasteiger partial charge < -0.3 is 9.64 Å². The molecule has 2 aromatic heterocycles. The zero-order chi connectivity index (χ0) is 16.5. The number of para-hydroxylation sites is 1. The molecule has 1 fully saturated rings. The van der Waals surface area contributed by atoms with Crippen LogP contribution in [0, 0.1) is 6.92 Å². The third-order valence-electron chi connectivity index (χ3n) is 4.77. The van der Waals surface area contributed by atoms with Gasteiger partial charge in [-0.2, -0.15) is 0 Å². The average Bonchev–Trinajstić information content (AvgIpc) is 3.16. The summed E-state index contributed by atoms with van der Waals surface area (Å²) < 4.78 is 5.50. The van der Waals surface area contributed by atoms with Crippen molar-refractivity contribution in [2.45, 2.75) is 25.7 Å². The average molecular weight is 339 g/mol. The monoisotopic (exact) mass is 339 g/mol. The third-order valence-corrected chi connectivity index (χ3v) is 5.71. The summed E-state index contributed by atoms with van der Waals surface area (Å²) >= 11 is 1.77. The SMILES string of the molecule is COc1cccc2c(N3CCCC(c4nccs4)C3)c(C)cnc12. The van der Waals surface area contributed by atoms with Gasteiger partial charge in [0.2, 0.25) is 0 Å². The number of piperidine rings is 1. The second-order valence-electron chi connectivity index (χ2n) is 6.30. The van der Waals surface area contributed by atoms with Crippen molar-refractivity contribution in [3.8, 4) is 5.75 Å². The smallest absolute Gasteiger partial charge is 0.145 e. The van der Waals surface area contributed by atoms with E-state index in [9.17, 15) is 0 Å². The van der Waals surface area contributed by atoms with Crippen LogP contribution in [0.5, 0.6) is 5.75 Å². The van der Waals surface area contributed by atoms with E-state index in [-0.39, 0.29) is 0 Å². The van der Waals surface area contributed by atoms with Crippen LogP contribution in [0.25, 0.3) is 10.9 Å². The van der Waals surface area contributed by atoms with E-state index >= 15 is 0 Å². The maximum Gasteiger partial charge on any atom is 0.145 e. The molecule has 1 atom stereocenters. The Balaban J connectivity index is 1.76. The molecule has 1 saturated heterocycles. The van der Waals surface area contributed by atoms with E-state index in [0.717, 1.165) is 24.4 Å². The lowest BCUT2D eigenvalue weighted by Crippen LogP contribution is -2.35. The Hall–Kier alpha value is -2.14. The Labute approximate surface area is 146 Å². The molecule has 1 aliphatic rings. The zero-order valence-corrected chi connectivity index (χ0v) is 14.8. The van der Waals surface area contributed by atoms with E-state index in [4.69, 9.17) is 4.74 Å². The second kappa shape index (κ2) is 6.40. The number of nitrogens with zero attached hydrogens (tertiary/aromatic N) is 3. The molecule has 5 heteroatoms. The van der Waals surface area contributed by atoms with E-state index in [1.54, 1.807) is 18.4 Å². The molecular weight excluding hydrogens is 318 g/mol. The quantitative estimate of drug-likeness (QED) is 0.709. The highest BCUT2D eigenvalue weighted by Gasteiger charge is 2.25. The van der Waals surface area contributed by atoms with Crippen LogP contribution in [0.15, 0.2) is 36.0 Å². The minimum atomic E-state index is 0.520. The molecule has 3 aromatic rings. The largest absolute Gasteiger partial charge is 0.494 e. The van der Waals surface area contributed by atoms with Gasteiger partial charge in [-0.05, 0) is 31.4 Å². The number of benzene rings is 1. The number of methoxy groups -OCH3 is 1. The number of thiazole rings is 1. The van der Waals surface area contributed by atoms with Gasteiger partial charge in [0.15, 0.2) is 0 Å². The Morgan fingerprint density at radius 3 is 3.00 bits per heavy atom. The number of pyridine rings is 1. The predicted octanol–water partition coefficient (Wildman–Crippen LogP) is 4.39. The van der Waals surface area contributed by atoms with Crippen LogP contribution in [0.4, 0.5) is 5.69 Å². The minimum Gasteiger partial charge on any atom is -0.494 e. The standard InChI is InChI=1S/C19H21N3OS/c1-13-11-21-17-15(6-3-7-16(17)23-2)18(13)22-9-4-5-14(12-22)19-20-8-10-24-19/h3,6-8,10-11,14H,4-5,9,12H2,1-2H3. The van der Waals surface area contributed by atoms with E-state index in [1.165, 1.54) is 34.5 Å². The number of ether oxygens (including phenoxy) is 1. The highest BCUT2D eigenvalue weighted by molar-refractivity contribution is 7.09. The number of fused-ring (bicyclic) bond motifs is 1. The first-order valence-corrected chi connectivity index (χ1v) is 9.22. The molecule has 1 aliphatic heterocycles. The van der Waals surface area contributed by atoms with Crippen molar-refractivity contribution in [1.29, 1.82) is 0 Å². The number of hydrogen-bond donors (Lipinski definition) is 0. The Bertz CT molecular complexity index is 847. The lowest BCUT2D eigenvalue weighted by Gasteiger charge is -2.35. The maximum absolute atomic E-state index is 5.50. The normalized spacial score (nSPS) is 18.1. The van der Waals surface area contributed by atoms with Crippen LogP contribution >= 0.6 is 11.3 Å². The summed E-state index contributed by atoms with van der Waals surface area (Å²) in [5.74, 6) is 1.36. The van der Waals surface area contributed by atoms with Crippen LogP contribution in [0.3, 0.4) is 0 Å². The minimum absolute atomic E-state index is 0.520.